The lowest BCUT2D eigenvalue weighted by atomic mass is 10.1. The molecule has 10 heteroatoms. The molecule has 1 saturated heterocycles. The van der Waals surface area contributed by atoms with E-state index in [1.165, 1.54) is 23.1 Å². The Morgan fingerprint density at radius 3 is 2.51 bits per heavy atom. The summed E-state index contributed by atoms with van der Waals surface area (Å²) in [6, 6.07) is 21.7. The Balaban J connectivity index is 1.36. The number of amides is 2. The second-order valence-corrected chi connectivity index (χ2v) is 9.70. The molecule has 0 unspecified atom stereocenters. The summed E-state index contributed by atoms with van der Waals surface area (Å²) in [5.74, 6) is -0.379. The number of carbonyl (C=O) groups excluding carboxylic acids is 2. The highest BCUT2D eigenvalue weighted by Crippen LogP contribution is 2.35. The van der Waals surface area contributed by atoms with Crippen LogP contribution in [0.2, 0.25) is 0 Å². The van der Waals surface area contributed by atoms with Crippen molar-refractivity contribution in [3.05, 3.63) is 100 Å². The van der Waals surface area contributed by atoms with E-state index in [2.05, 4.69) is 5.32 Å². The molecule has 37 heavy (non-hydrogen) atoms. The van der Waals surface area contributed by atoms with E-state index < -0.39 is 17.6 Å². The van der Waals surface area contributed by atoms with Crippen LogP contribution in [0, 0.1) is 0 Å². The van der Waals surface area contributed by atoms with Gasteiger partial charge in [-0.2, -0.15) is 13.2 Å². The highest BCUT2D eigenvalue weighted by atomic mass is 32.2. The molecule has 4 rings (SSSR count). The fourth-order valence-corrected chi connectivity index (χ4v) is 4.85. The number of benzene rings is 3. The molecule has 1 heterocycles. The van der Waals surface area contributed by atoms with E-state index in [9.17, 15) is 22.8 Å². The summed E-state index contributed by atoms with van der Waals surface area (Å²) in [4.78, 5) is 26.9. The average molecular weight is 543 g/mol. The average Bonchev–Trinajstić information content (AvgIpc) is 3.13. The number of para-hydroxylation sites is 1. The Kier molecular flexibility index (Phi) is 8.30. The number of nitrogens with one attached hydrogen (secondary N) is 1. The summed E-state index contributed by atoms with van der Waals surface area (Å²) in [6.07, 6.45) is -3.13. The molecule has 0 spiro atoms. The predicted molar refractivity (Wildman–Crippen MR) is 142 cm³/mol. The zero-order valence-corrected chi connectivity index (χ0v) is 21.0. The van der Waals surface area contributed by atoms with E-state index in [4.69, 9.17) is 17.0 Å². The molecule has 0 saturated carbocycles. The van der Waals surface area contributed by atoms with Crippen LogP contribution in [0.3, 0.4) is 0 Å². The molecule has 190 valence electrons. The maximum absolute atomic E-state index is 13.2. The van der Waals surface area contributed by atoms with Gasteiger partial charge < -0.3 is 10.1 Å². The highest BCUT2D eigenvalue weighted by molar-refractivity contribution is 8.26. The SMILES string of the molecule is O=C(CCN1C(=O)/C(=C/c2cccc(OCc3ccccc3)c2)SC1=S)Nc1ccccc1C(F)(F)F. The lowest BCUT2D eigenvalue weighted by molar-refractivity contribution is -0.137. The van der Waals surface area contributed by atoms with E-state index >= 15 is 0 Å². The minimum Gasteiger partial charge on any atom is -0.489 e. The number of carbonyl (C=O) groups is 2. The molecular formula is C27H21F3N2O3S2. The van der Waals surface area contributed by atoms with Gasteiger partial charge in [0.1, 0.15) is 16.7 Å². The predicted octanol–water partition coefficient (Wildman–Crippen LogP) is 6.51. The van der Waals surface area contributed by atoms with Crippen molar-refractivity contribution in [2.24, 2.45) is 0 Å². The third-order valence-electron chi connectivity index (χ3n) is 5.35. The molecule has 5 nitrogen and oxygen atoms in total. The smallest absolute Gasteiger partial charge is 0.418 e. The Bertz CT molecular complexity index is 1340. The molecule has 0 aromatic heterocycles. The van der Waals surface area contributed by atoms with Gasteiger partial charge in [0.05, 0.1) is 16.2 Å². The van der Waals surface area contributed by atoms with Crippen molar-refractivity contribution in [1.82, 2.24) is 4.90 Å². The van der Waals surface area contributed by atoms with E-state index in [1.807, 2.05) is 48.5 Å². The molecule has 3 aromatic rings. The minimum absolute atomic E-state index is 0.0533. The number of nitrogens with zero attached hydrogens (tertiary/aromatic N) is 1. The van der Waals surface area contributed by atoms with Gasteiger partial charge in [-0.3, -0.25) is 14.5 Å². The fraction of sp³-hybridized carbons (Fsp3) is 0.148. The number of halogens is 3. The van der Waals surface area contributed by atoms with Gasteiger partial charge in [-0.15, -0.1) is 0 Å². The summed E-state index contributed by atoms with van der Waals surface area (Å²) in [5.41, 5.74) is 0.499. The lowest BCUT2D eigenvalue weighted by Gasteiger charge is -2.16. The lowest BCUT2D eigenvalue weighted by Crippen LogP contribution is -2.31. The first kappa shape index (κ1) is 26.4. The summed E-state index contributed by atoms with van der Waals surface area (Å²) in [6.45, 7) is 0.351. The Hall–Kier alpha value is -3.63. The Morgan fingerprint density at radius 1 is 1.03 bits per heavy atom. The van der Waals surface area contributed by atoms with Crippen molar-refractivity contribution in [3.63, 3.8) is 0 Å². The molecule has 1 fully saturated rings. The van der Waals surface area contributed by atoms with Crippen molar-refractivity contribution < 1.29 is 27.5 Å². The molecule has 0 bridgehead atoms. The Morgan fingerprint density at radius 2 is 1.76 bits per heavy atom. The topological polar surface area (TPSA) is 58.6 Å². The summed E-state index contributed by atoms with van der Waals surface area (Å²) >= 11 is 6.41. The van der Waals surface area contributed by atoms with Crippen molar-refractivity contribution >= 4 is 51.9 Å². The molecule has 1 N–H and O–H groups in total. The van der Waals surface area contributed by atoms with E-state index in [1.54, 1.807) is 12.1 Å². The number of anilines is 1. The van der Waals surface area contributed by atoms with Crippen molar-refractivity contribution in [2.75, 3.05) is 11.9 Å². The van der Waals surface area contributed by atoms with Gasteiger partial charge in [0.15, 0.2) is 0 Å². The molecule has 2 amide bonds. The monoisotopic (exact) mass is 542 g/mol. The number of alkyl halides is 3. The maximum atomic E-state index is 13.2. The molecule has 0 aliphatic carbocycles. The van der Waals surface area contributed by atoms with E-state index in [-0.39, 0.29) is 28.9 Å². The number of rotatable bonds is 8. The van der Waals surface area contributed by atoms with Crippen LogP contribution in [0.1, 0.15) is 23.1 Å². The number of hydrogen-bond donors (Lipinski definition) is 1. The molecule has 3 aromatic carbocycles. The van der Waals surface area contributed by atoms with Crippen molar-refractivity contribution in [2.45, 2.75) is 19.2 Å². The number of thiocarbonyl (C=S) groups is 1. The number of thioether (sulfide) groups is 1. The van der Waals surface area contributed by atoms with Gasteiger partial charge in [0.25, 0.3) is 5.91 Å². The van der Waals surface area contributed by atoms with E-state index in [0.29, 0.717) is 17.3 Å². The summed E-state index contributed by atoms with van der Waals surface area (Å²) < 4.78 is 45.6. The largest absolute Gasteiger partial charge is 0.489 e. The quantitative estimate of drug-likeness (QED) is 0.260. The zero-order valence-electron chi connectivity index (χ0n) is 19.3. The van der Waals surface area contributed by atoms with Crippen LogP contribution in [0.15, 0.2) is 83.8 Å². The molecule has 1 aliphatic rings. The van der Waals surface area contributed by atoms with Gasteiger partial charge in [-0.25, -0.2) is 0 Å². The second kappa shape index (κ2) is 11.6. The molecule has 0 radical (unpaired) electrons. The van der Waals surface area contributed by atoms with Crippen molar-refractivity contribution in [1.29, 1.82) is 0 Å². The first-order chi connectivity index (χ1) is 17.7. The van der Waals surface area contributed by atoms with Crippen LogP contribution in [0.25, 0.3) is 6.08 Å². The van der Waals surface area contributed by atoms with Gasteiger partial charge in [0.2, 0.25) is 5.91 Å². The third-order valence-corrected chi connectivity index (χ3v) is 6.72. The van der Waals surface area contributed by atoms with Crippen LogP contribution >= 0.6 is 24.0 Å². The standard InChI is InChI=1S/C27H21F3N2O3S2/c28-27(29,30)21-11-4-5-12-22(21)31-24(33)13-14-32-25(34)23(37-26(32)36)16-19-9-6-10-20(15-19)35-17-18-7-2-1-3-8-18/h1-12,15-16H,13-14,17H2,(H,31,33)/b23-16-. The second-order valence-electron chi connectivity index (χ2n) is 8.02. The number of ether oxygens (including phenoxy) is 1. The normalized spacial score (nSPS) is 14.8. The first-order valence-corrected chi connectivity index (χ1v) is 12.4. The number of hydrogen-bond acceptors (Lipinski definition) is 5. The third kappa shape index (κ3) is 6.99. The highest BCUT2D eigenvalue weighted by Gasteiger charge is 2.34. The van der Waals surface area contributed by atoms with Gasteiger partial charge in [-0.05, 0) is 41.5 Å². The van der Waals surface area contributed by atoms with Crippen molar-refractivity contribution in [3.8, 4) is 5.75 Å². The van der Waals surface area contributed by atoms with Crippen LogP contribution in [-0.2, 0) is 22.4 Å². The van der Waals surface area contributed by atoms with Gasteiger partial charge in [0, 0.05) is 13.0 Å². The van der Waals surface area contributed by atoms with Crippen LogP contribution < -0.4 is 10.1 Å². The molecule has 1 aliphatic heterocycles. The van der Waals surface area contributed by atoms with Crippen LogP contribution in [-0.4, -0.2) is 27.6 Å². The molecule has 0 atom stereocenters. The summed E-state index contributed by atoms with van der Waals surface area (Å²) in [5, 5.41) is 2.28. The van der Waals surface area contributed by atoms with E-state index in [0.717, 1.165) is 29.0 Å². The minimum atomic E-state index is -4.60. The summed E-state index contributed by atoms with van der Waals surface area (Å²) in [7, 11) is 0. The Labute approximate surface area is 221 Å². The van der Waals surface area contributed by atoms with Crippen LogP contribution in [0.5, 0.6) is 5.75 Å². The van der Waals surface area contributed by atoms with Gasteiger partial charge >= 0.3 is 6.18 Å². The first-order valence-electron chi connectivity index (χ1n) is 11.2. The fourth-order valence-electron chi connectivity index (χ4n) is 3.54. The van der Waals surface area contributed by atoms with Crippen LogP contribution in [0.4, 0.5) is 18.9 Å². The zero-order chi connectivity index (χ0) is 26.4. The maximum Gasteiger partial charge on any atom is 0.418 e. The van der Waals surface area contributed by atoms with Gasteiger partial charge in [-0.1, -0.05) is 78.6 Å². The molecular weight excluding hydrogens is 521 g/mol.